The molecule has 0 bridgehead atoms. The SMILES string of the molecule is Cc1ccc(C(=O)Nc2ccon2)cc1N=C(N=CN)c1[nH]cc(C(=O)N(C(=O)OCOC(=O)Cc2ccc(O)cc2)C2CC2)c1C. The number of carbonyl (C=O) groups is 4. The lowest BCUT2D eigenvalue weighted by atomic mass is 10.1. The summed E-state index contributed by atoms with van der Waals surface area (Å²) in [5.41, 5.74) is 8.67. The van der Waals surface area contributed by atoms with Crippen molar-refractivity contribution in [3.8, 4) is 5.75 Å². The fraction of sp³-hybridized carbons (Fsp3) is 0.219. The van der Waals surface area contributed by atoms with Crippen molar-refractivity contribution in [3.63, 3.8) is 0 Å². The Hall–Kier alpha value is -6.25. The number of hydrogen-bond acceptors (Lipinski definition) is 10. The minimum absolute atomic E-state index is 0.0628. The number of aromatic hydroxyl groups is 1. The minimum Gasteiger partial charge on any atom is -0.508 e. The fourth-order valence-corrected chi connectivity index (χ4v) is 4.53. The summed E-state index contributed by atoms with van der Waals surface area (Å²) in [7, 11) is 0. The molecule has 2 aromatic heterocycles. The van der Waals surface area contributed by atoms with Crippen LogP contribution in [-0.2, 0) is 20.7 Å². The second-order valence-electron chi connectivity index (χ2n) is 10.6. The number of phenols is 1. The van der Waals surface area contributed by atoms with E-state index in [4.69, 9.17) is 19.7 Å². The van der Waals surface area contributed by atoms with E-state index in [0.29, 0.717) is 40.9 Å². The first-order chi connectivity index (χ1) is 22.6. The Morgan fingerprint density at radius 2 is 1.89 bits per heavy atom. The van der Waals surface area contributed by atoms with Crippen LogP contribution in [0.1, 0.15) is 55.9 Å². The Bertz CT molecular complexity index is 1840. The van der Waals surface area contributed by atoms with E-state index in [1.54, 1.807) is 37.3 Å². The number of anilines is 1. The lowest BCUT2D eigenvalue weighted by Crippen LogP contribution is -2.39. The molecule has 0 atom stereocenters. The molecule has 1 aliphatic carbocycles. The van der Waals surface area contributed by atoms with E-state index in [0.717, 1.165) is 16.8 Å². The van der Waals surface area contributed by atoms with Gasteiger partial charge in [-0.25, -0.2) is 19.7 Å². The number of nitrogens with one attached hydrogen (secondary N) is 2. The highest BCUT2D eigenvalue weighted by Gasteiger charge is 2.40. The molecule has 242 valence electrons. The molecule has 47 heavy (non-hydrogen) atoms. The van der Waals surface area contributed by atoms with Crippen LogP contribution in [0.5, 0.6) is 5.75 Å². The number of esters is 1. The number of phenolic OH excluding ortho intramolecular Hbond substituents is 1. The largest absolute Gasteiger partial charge is 0.508 e. The Morgan fingerprint density at radius 3 is 2.57 bits per heavy atom. The van der Waals surface area contributed by atoms with Crippen molar-refractivity contribution in [3.05, 3.63) is 94.5 Å². The number of benzene rings is 2. The van der Waals surface area contributed by atoms with E-state index in [2.05, 4.69) is 25.4 Å². The zero-order valence-electron chi connectivity index (χ0n) is 25.4. The van der Waals surface area contributed by atoms with Gasteiger partial charge in [-0.3, -0.25) is 14.4 Å². The van der Waals surface area contributed by atoms with Gasteiger partial charge in [0.25, 0.3) is 11.8 Å². The van der Waals surface area contributed by atoms with Crippen LogP contribution in [0.25, 0.3) is 0 Å². The molecule has 2 heterocycles. The number of H-pyrrole nitrogens is 1. The van der Waals surface area contributed by atoms with Crippen LogP contribution < -0.4 is 11.1 Å². The maximum Gasteiger partial charge on any atom is 0.419 e. The Morgan fingerprint density at radius 1 is 1.13 bits per heavy atom. The number of aromatic nitrogens is 2. The van der Waals surface area contributed by atoms with Crippen molar-refractivity contribution in [2.24, 2.45) is 15.7 Å². The smallest absolute Gasteiger partial charge is 0.419 e. The van der Waals surface area contributed by atoms with Gasteiger partial charge in [0.15, 0.2) is 11.7 Å². The van der Waals surface area contributed by atoms with Gasteiger partial charge in [-0.2, -0.15) is 0 Å². The summed E-state index contributed by atoms with van der Waals surface area (Å²) in [6.07, 6.45) is 3.97. The molecule has 5 N–H and O–H groups in total. The molecule has 1 saturated carbocycles. The first-order valence-corrected chi connectivity index (χ1v) is 14.4. The molecule has 0 radical (unpaired) electrons. The number of aliphatic imine (C=N–C) groups is 2. The summed E-state index contributed by atoms with van der Waals surface area (Å²) in [5, 5.41) is 15.7. The van der Waals surface area contributed by atoms with Gasteiger partial charge in [0.05, 0.1) is 29.7 Å². The number of aryl methyl sites for hydroxylation is 1. The molecule has 0 saturated heterocycles. The molecular formula is C32H31N7O8. The Balaban J connectivity index is 1.30. The van der Waals surface area contributed by atoms with E-state index < -0.39 is 30.7 Å². The average Bonchev–Trinajstić information content (AvgIpc) is 3.59. The van der Waals surface area contributed by atoms with Gasteiger partial charge in [-0.05, 0) is 67.6 Å². The van der Waals surface area contributed by atoms with E-state index in [1.165, 1.54) is 30.7 Å². The van der Waals surface area contributed by atoms with Crippen molar-refractivity contribution >= 4 is 47.6 Å². The third-order valence-corrected chi connectivity index (χ3v) is 7.18. The summed E-state index contributed by atoms with van der Waals surface area (Å²) >= 11 is 0. The quantitative estimate of drug-likeness (QED) is 0.0840. The molecule has 0 spiro atoms. The lowest BCUT2D eigenvalue weighted by Gasteiger charge is -2.20. The molecule has 3 amide bonds. The third-order valence-electron chi connectivity index (χ3n) is 7.18. The van der Waals surface area contributed by atoms with Crippen LogP contribution in [0.3, 0.4) is 0 Å². The van der Waals surface area contributed by atoms with Gasteiger partial charge in [-0.15, -0.1) is 0 Å². The van der Waals surface area contributed by atoms with E-state index >= 15 is 0 Å². The predicted molar refractivity (Wildman–Crippen MR) is 168 cm³/mol. The molecule has 15 heteroatoms. The highest BCUT2D eigenvalue weighted by molar-refractivity contribution is 6.10. The molecule has 0 aliphatic heterocycles. The summed E-state index contributed by atoms with van der Waals surface area (Å²) in [4.78, 5) is 64.3. The Labute approximate surface area is 268 Å². The molecule has 1 fully saturated rings. The fourth-order valence-electron chi connectivity index (χ4n) is 4.53. The van der Waals surface area contributed by atoms with Crippen molar-refractivity contribution in [2.45, 2.75) is 39.2 Å². The van der Waals surface area contributed by atoms with Crippen LogP contribution in [0.4, 0.5) is 16.3 Å². The van der Waals surface area contributed by atoms with Crippen molar-refractivity contribution in [1.29, 1.82) is 0 Å². The summed E-state index contributed by atoms with van der Waals surface area (Å²) in [5.74, 6) is -1.25. The number of aromatic amines is 1. The number of amidine groups is 1. The number of amides is 3. The molecule has 5 rings (SSSR count). The maximum atomic E-state index is 13.6. The zero-order valence-corrected chi connectivity index (χ0v) is 25.4. The van der Waals surface area contributed by atoms with E-state index in [9.17, 15) is 24.3 Å². The second kappa shape index (κ2) is 14.2. The molecule has 4 aromatic rings. The van der Waals surface area contributed by atoms with E-state index in [-0.39, 0.29) is 35.4 Å². The normalized spacial score (nSPS) is 12.9. The van der Waals surface area contributed by atoms with Gasteiger partial charge in [0, 0.05) is 23.9 Å². The van der Waals surface area contributed by atoms with Gasteiger partial charge in [0.2, 0.25) is 6.79 Å². The first-order valence-electron chi connectivity index (χ1n) is 14.4. The predicted octanol–water partition coefficient (Wildman–Crippen LogP) is 4.13. The van der Waals surface area contributed by atoms with Crippen molar-refractivity contribution < 1.29 is 38.3 Å². The number of nitrogens with zero attached hydrogens (tertiary/aromatic N) is 4. The zero-order chi connectivity index (χ0) is 33.5. The van der Waals surface area contributed by atoms with Crippen molar-refractivity contribution in [2.75, 3.05) is 12.1 Å². The highest BCUT2D eigenvalue weighted by atomic mass is 16.7. The summed E-state index contributed by atoms with van der Waals surface area (Å²) in [6, 6.07) is 12.1. The molecule has 1 aliphatic rings. The molecule has 2 aromatic carbocycles. The second-order valence-corrected chi connectivity index (χ2v) is 10.6. The van der Waals surface area contributed by atoms with Gasteiger partial charge >= 0.3 is 12.1 Å². The number of rotatable bonds is 10. The Kier molecular flexibility index (Phi) is 9.74. The van der Waals surface area contributed by atoms with Gasteiger partial charge in [-0.1, -0.05) is 23.4 Å². The number of hydrogen-bond donors (Lipinski definition) is 4. The summed E-state index contributed by atoms with van der Waals surface area (Å²) in [6.45, 7) is 2.79. The van der Waals surface area contributed by atoms with Crippen LogP contribution >= 0.6 is 0 Å². The number of ether oxygens (including phenoxy) is 2. The average molecular weight is 642 g/mol. The number of carbonyl (C=O) groups excluding carboxylic acids is 4. The number of nitrogens with two attached hydrogens (primary N) is 1. The monoisotopic (exact) mass is 641 g/mol. The third kappa shape index (κ3) is 7.89. The van der Waals surface area contributed by atoms with E-state index in [1.807, 2.05) is 6.92 Å². The summed E-state index contributed by atoms with van der Waals surface area (Å²) < 4.78 is 14.9. The highest BCUT2D eigenvalue weighted by Crippen LogP contribution is 2.31. The standard InChI is InChI=1S/C32H31N7O8/c1-18-3-6-21(30(42)37-26-11-12-47-38-26)14-25(18)36-29(35-16-33)28-19(2)24(15-34-28)31(43)39(22-7-8-22)32(44)46-17-45-27(41)13-20-4-9-23(40)10-5-20/h3-6,9-12,14-16,22,34,40H,7-8,13,17H2,1-2H3,(H2,33,35,36)(H,37,38,42). The lowest BCUT2D eigenvalue weighted by molar-refractivity contribution is -0.151. The van der Waals surface area contributed by atoms with Gasteiger partial charge in [0.1, 0.15) is 12.0 Å². The maximum absolute atomic E-state index is 13.6. The van der Waals surface area contributed by atoms with Crippen LogP contribution in [0.15, 0.2) is 75.5 Å². The molecular weight excluding hydrogens is 610 g/mol. The van der Waals surface area contributed by atoms with Crippen LogP contribution in [0.2, 0.25) is 0 Å². The van der Waals surface area contributed by atoms with Crippen LogP contribution in [-0.4, -0.2) is 69.0 Å². The molecule has 15 nitrogen and oxygen atoms in total. The molecule has 0 unspecified atom stereocenters. The van der Waals surface area contributed by atoms with Crippen LogP contribution in [0, 0.1) is 13.8 Å². The first kappa shape index (κ1) is 32.2. The topological polar surface area (TPSA) is 215 Å². The van der Waals surface area contributed by atoms with Gasteiger partial charge < -0.3 is 35.1 Å². The minimum atomic E-state index is -0.956. The van der Waals surface area contributed by atoms with Crippen molar-refractivity contribution in [1.82, 2.24) is 15.0 Å². The number of imide groups is 1.